The zero-order valence-corrected chi connectivity index (χ0v) is 10.2. The number of imidazole rings is 1. The third kappa shape index (κ3) is 2.40. The molecule has 18 heavy (non-hydrogen) atoms. The number of carboxylic acids is 1. The van der Waals surface area contributed by atoms with Crippen molar-refractivity contribution in [1.82, 2.24) is 9.97 Å². The van der Waals surface area contributed by atoms with Crippen molar-refractivity contribution in [3.63, 3.8) is 0 Å². The summed E-state index contributed by atoms with van der Waals surface area (Å²) in [5, 5.41) is 8.72. The number of aromatic carboxylic acids is 1. The Balaban J connectivity index is 2.37. The predicted molar refractivity (Wildman–Crippen MR) is 64.1 cm³/mol. The highest BCUT2D eigenvalue weighted by atomic mass is 32.2. The number of hydrogen-bond donors (Lipinski definition) is 2. The van der Waals surface area contributed by atoms with E-state index in [-0.39, 0.29) is 10.7 Å². The molecule has 0 radical (unpaired) electrons. The van der Waals surface area contributed by atoms with E-state index in [0.29, 0.717) is 11.3 Å². The Bertz CT molecular complexity index is 686. The van der Waals surface area contributed by atoms with Crippen LogP contribution < -0.4 is 0 Å². The minimum Gasteiger partial charge on any atom is -0.475 e. The van der Waals surface area contributed by atoms with Crippen molar-refractivity contribution in [2.45, 2.75) is 4.90 Å². The van der Waals surface area contributed by atoms with Crippen LogP contribution in [-0.4, -0.2) is 35.7 Å². The van der Waals surface area contributed by atoms with E-state index in [1.54, 1.807) is 12.1 Å². The highest BCUT2D eigenvalue weighted by molar-refractivity contribution is 7.90. The topological polar surface area (TPSA) is 100 Å². The molecule has 0 unspecified atom stereocenters. The molecule has 6 nitrogen and oxygen atoms in total. The largest absolute Gasteiger partial charge is 0.475 e. The van der Waals surface area contributed by atoms with Crippen molar-refractivity contribution in [2.24, 2.45) is 0 Å². The van der Waals surface area contributed by atoms with Crippen LogP contribution >= 0.6 is 0 Å². The van der Waals surface area contributed by atoms with E-state index in [2.05, 4.69) is 9.97 Å². The average molecular weight is 266 g/mol. The second-order valence-electron chi connectivity index (χ2n) is 3.75. The van der Waals surface area contributed by atoms with Crippen LogP contribution in [0.15, 0.2) is 35.4 Å². The van der Waals surface area contributed by atoms with Crippen LogP contribution in [0.4, 0.5) is 0 Å². The van der Waals surface area contributed by atoms with E-state index < -0.39 is 15.8 Å². The summed E-state index contributed by atoms with van der Waals surface area (Å²) < 4.78 is 22.6. The van der Waals surface area contributed by atoms with Gasteiger partial charge in [0.2, 0.25) is 5.82 Å². The van der Waals surface area contributed by atoms with Gasteiger partial charge in [0.05, 0.1) is 16.8 Å². The molecule has 2 aromatic rings. The van der Waals surface area contributed by atoms with Crippen molar-refractivity contribution < 1.29 is 18.3 Å². The van der Waals surface area contributed by atoms with Gasteiger partial charge in [0.25, 0.3) is 0 Å². The first kappa shape index (κ1) is 12.3. The molecule has 0 atom stereocenters. The maximum atomic E-state index is 11.3. The number of hydrogen-bond acceptors (Lipinski definition) is 4. The van der Waals surface area contributed by atoms with Gasteiger partial charge in [-0.2, -0.15) is 0 Å². The van der Waals surface area contributed by atoms with Crippen LogP contribution in [0.2, 0.25) is 0 Å². The maximum Gasteiger partial charge on any atom is 0.371 e. The van der Waals surface area contributed by atoms with Gasteiger partial charge in [0, 0.05) is 6.26 Å². The molecule has 0 spiro atoms. The van der Waals surface area contributed by atoms with Gasteiger partial charge in [-0.25, -0.2) is 18.2 Å². The SMILES string of the molecule is CS(=O)(=O)c1ccc(-c2cnc(C(=O)O)[nH]2)cc1. The first-order chi connectivity index (χ1) is 8.38. The quantitative estimate of drug-likeness (QED) is 0.868. The van der Waals surface area contributed by atoms with Crippen LogP contribution in [0, 0.1) is 0 Å². The minimum absolute atomic E-state index is 0.155. The molecule has 94 valence electrons. The number of carboxylic acid groups (broad SMARTS) is 1. The third-order valence-corrected chi connectivity index (χ3v) is 3.50. The molecule has 0 bridgehead atoms. The number of nitrogens with one attached hydrogen (secondary N) is 1. The standard InChI is InChI=1S/C11H10N2O4S/c1-18(16,17)8-4-2-7(3-5-8)9-6-12-10(13-9)11(14)15/h2-6H,1H3,(H,12,13)(H,14,15). The van der Waals surface area contributed by atoms with Crippen LogP contribution in [0.1, 0.15) is 10.6 Å². The van der Waals surface area contributed by atoms with Gasteiger partial charge >= 0.3 is 5.97 Å². The first-order valence-corrected chi connectivity index (χ1v) is 6.86. The Morgan fingerprint density at radius 1 is 1.28 bits per heavy atom. The summed E-state index contributed by atoms with van der Waals surface area (Å²) in [6.45, 7) is 0. The molecule has 0 fully saturated rings. The summed E-state index contributed by atoms with van der Waals surface area (Å²) >= 11 is 0. The first-order valence-electron chi connectivity index (χ1n) is 4.97. The summed E-state index contributed by atoms with van der Waals surface area (Å²) in [5.74, 6) is -1.30. The fourth-order valence-corrected chi connectivity index (χ4v) is 2.09. The Morgan fingerprint density at radius 2 is 1.89 bits per heavy atom. The lowest BCUT2D eigenvalue weighted by atomic mass is 10.2. The average Bonchev–Trinajstić information content (AvgIpc) is 2.77. The molecule has 2 N–H and O–H groups in total. The van der Waals surface area contributed by atoms with E-state index in [1.807, 2.05) is 0 Å². The molecule has 0 aliphatic rings. The van der Waals surface area contributed by atoms with Crippen LogP contribution in [0.5, 0.6) is 0 Å². The van der Waals surface area contributed by atoms with Crippen LogP contribution in [0.25, 0.3) is 11.3 Å². The van der Waals surface area contributed by atoms with Gasteiger partial charge in [-0.15, -0.1) is 0 Å². The molecule has 1 aromatic carbocycles. The monoisotopic (exact) mass is 266 g/mol. The smallest absolute Gasteiger partial charge is 0.371 e. The van der Waals surface area contributed by atoms with E-state index in [9.17, 15) is 13.2 Å². The summed E-state index contributed by atoms with van der Waals surface area (Å²) in [5.41, 5.74) is 1.19. The van der Waals surface area contributed by atoms with Gasteiger partial charge < -0.3 is 10.1 Å². The van der Waals surface area contributed by atoms with E-state index in [0.717, 1.165) is 6.26 Å². The number of aromatic amines is 1. The summed E-state index contributed by atoms with van der Waals surface area (Å²) in [7, 11) is -3.23. The van der Waals surface area contributed by atoms with Crippen LogP contribution in [-0.2, 0) is 9.84 Å². The summed E-state index contributed by atoms with van der Waals surface area (Å²) in [4.78, 5) is 17.2. The molecule has 0 aliphatic heterocycles. The van der Waals surface area contributed by atoms with E-state index in [1.165, 1.54) is 18.3 Å². The Kier molecular flexibility index (Phi) is 2.92. The Morgan fingerprint density at radius 3 is 2.33 bits per heavy atom. The maximum absolute atomic E-state index is 11.3. The molecule has 0 saturated heterocycles. The van der Waals surface area contributed by atoms with E-state index in [4.69, 9.17) is 5.11 Å². The van der Waals surface area contributed by atoms with Crippen molar-refractivity contribution >= 4 is 15.8 Å². The van der Waals surface area contributed by atoms with Crippen LogP contribution in [0.3, 0.4) is 0 Å². The summed E-state index contributed by atoms with van der Waals surface area (Å²) in [6.07, 6.45) is 2.51. The lowest BCUT2D eigenvalue weighted by Crippen LogP contribution is -1.98. The van der Waals surface area contributed by atoms with Gasteiger partial charge in [0.15, 0.2) is 9.84 Å². The zero-order valence-electron chi connectivity index (χ0n) is 9.41. The van der Waals surface area contributed by atoms with Gasteiger partial charge in [-0.3, -0.25) is 0 Å². The Hall–Kier alpha value is -2.15. The number of aromatic nitrogens is 2. The van der Waals surface area contributed by atoms with Crippen molar-refractivity contribution in [3.05, 3.63) is 36.3 Å². The molecule has 0 saturated carbocycles. The number of benzene rings is 1. The van der Waals surface area contributed by atoms with Crippen molar-refractivity contribution in [3.8, 4) is 11.3 Å². The molecular weight excluding hydrogens is 256 g/mol. The number of H-pyrrole nitrogens is 1. The highest BCUT2D eigenvalue weighted by Gasteiger charge is 2.10. The van der Waals surface area contributed by atoms with Crippen molar-refractivity contribution in [2.75, 3.05) is 6.26 Å². The molecular formula is C11H10N2O4S. The van der Waals surface area contributed by atoms with Gasteiger partial charge in [-0.1, -0.05) is 12.1 Å². The predicted octanol–water partition coefficient (Wildman–Crippen LogP) is 1.18. The molecule has 7 heteroatoms. The van der Waals surface area contributed by atoms with Gasteiger partial charge in [0.1, 0.15) is 0 Å². The molecule has 1 heterocycles. The third-order valence-electron chi connectivity index (χ3n) is 2.37. The molecule has 1 aromatic heterocycles. The number of sulfone groups is 1. The number of rotatable bonds is 3. The molecule has 0 aliphatic carbocycles. The van der Waals surface area contributed by atoms with Crippen molar-refractivity contribution in [1.29, 1.82) is 0 Å². The second kappa shape index (κ2) is 4.26. The molecule has 0 amide bonds. The minimum atomic E-state index is -3.23. The number of carbonyl (C=O) groups is 1. The van der Waals surface area contributed by atoms with Gasteiger partial charge in [-0.05, 0) is 17.7 Å². The number of nitrogens with zero attached hydrogens (tertiary/aromatic N) is 1. The summed E-state index contributed by atoms with van der Waals surface area (Å²) in [6, 6.07) is 6.11. The van der Waals surface area contributed by atoms with E-state index >= 15 is 0 Å². The highest BCUT2D eigenvalue weighted by Crippen LogP contribution is 2.19. The normalized spacial score (nSPS) is 11.4. The second-order valence-corrected chi connectivity index (χ2v) is 5.76. The fraction of sp³-hybridized carbons (Fsp3) is 0.0909. The fourth-order valence-electron chi connectivity index (χ4n) is 1.46. The lowest BCUT2D eigenvalue weighted by Gasteiger charge is -2.00. The Labute approximate surface area is 103 Å². The lowest BCUT2D eigenvalue weighted by molar-refractivity contribution is 0.0685. The molecule has 2 rings (SSSR count). The zero-order chi connectivity index (χ0) is 13.3.